The Morgan fingerprint density at radius 1 is 1.07 bits per heavy atom. The molecule has 4 aromatic rings. The van der Waals surface area contributed by atoms with Crippen molar-refractivity contribution in [1.82, 2.24) is 15.0 Å². The summed E-state index contributed by atoms with van der Waals surface area (Å²) in [6.45, 7) is 2.78. The number of amides is 1. The monoisotopic (exact) mass is 435 g/mol. The van der Waals surface area contributed by atoms with E-state index in [4.69, 9.17) is 4.52 Å². The molecule has 2 heterocycles. The summed E-state index contributed by atoms with van der Waals surface area (Å²) in [5.41, 5.74) is 1.92. The molecule has 2 aromatic heterocycles. The zero-order valence-corrected chi connectivity index (χ0v) is 18.2. The average Bonchev–Trinajstić information content (AvgIpc) is 3.48. The number of rotatable bonds is 8. The van der Waals surface area contributed by atoms with E-state index < -0.39 is 0 Å². The fourth-order valence-corrected chi connectivity index (χ4v) is 4.64. The molecule has 1 amide bonds. The lowest BCUT2D eigenvalue weighted by Crippen LogP contribution is -2.30. The predicted octanol–water partition coefficient (Wildman–Crippen LogP) is 5.75. The van der Waals surface area contributed by atoms with Gasteiger partial charge in [0.1, 0.15) is 6.54 Å². The summed E-state index contributed by atoms with van der Waals surface area (Å²) in [4.78, 5) is 21.4. The third-order valence-electron chi connectivity index (χ3n) is 4.56. The Morgan fingerprint density at radius 2 is 1.87 bits per heavy atom. The number of hydrogen-bond donors (Lipinski definition) is 0. The summed E-state index contributed by atoms with van der Waals surface area (Å²) in [5.74, 6) is 1.76. The van der Waals surface area contributed by atoms with Gasteiger partial charge in [-0.05, 0) is 36.1 Å². The van der Waals surface area contributed by atoms with Crippen LogP contribution in [0.5, 0.6) is 0 Å². The fraction of sp³-hybridized carbons (Fsp3) is 0.174. The minimum atomic E-state index is -0.0375. The molecular formula is C23H21N3O2S2. The van der Waals surface area contributed by atoms with E-state index in [1.54, 1.807) is 28.0 Å². The topological polar surface area (TPSA) is 59.2 Å². The van der Waals surface area contributed by atoms with Crippen molar-refractivity contribution in [3.63, 3.8) is 0 Å². The maximum Gasteiger partial charge on any atom is 0.255 e. The minimum Gasteiger partial charge on any atom is -0.337 e. The molecule has 4 rings (SSSR count). The number of carbonyl (C=O) groups is 1. The number of thiophene rings is 1. The van der Waals surface area contributed by atoms with Crippen LogP contribution < -0.4 is 0 Å². The molecule has 0 aliphatic heterocycles. The normalized spacial score (nSPS) is 10.8. The van der Waals surface area contributed by atoms with Gasteiger partial charge < -0.3 is 9.42 Å². The molecule has 7 heteroatoms. The van der Waals surface area contributed by atoms with Crippen molar-refractivity contribution in [2.45, 2.75) is 24.1 Å². The second-order valence-electron chi connectivity index (χ2n) is 6.58. The van der Waals surface area contributed by atoms with E-state index in [0.29, 0.717) is 23.8 Å². The fourth-order valence-electron chi connectivity index (χ4n) is 2.99. The van der Waals surface area contributed by atoms with Crippen LogP contribution in [0.2, 0.25) is 0 Å². The Morgan fingerprint density at radius 3 is 2.63 bits per heavy atom. The first-order valence-corrected chi connectivity index (χ1v) is 11.5. The van der Waals surface area contributed by atoms with E-state index in [1.165, 1.54) is 5.56 Å². The largest absolute Gasteiger partial charge is 0.337 e. The Labute approximate surface area is 183 Å². The quantitative estimate of drug-likeness (QED) is 0.330. The highest BCUT2D eigenvalue weighted by atomic mass is 32.2. The maximum atomic E-state index is 13.3. The first kappa shape index (κ1) is 20.4. The number of aromatic nitrogens is 2. The van der Waals surface area contributed by atoms with E-state index >= 15 is 0 Å². The molecule has 0 saturated heterocycles. The molecule has 0 aliphatic carbocycles. The molecular weight excluding hydrogens is 414 g/mol. The molecule has 152 valence electrons. The van der Waals surface area contributed by atoms with Crippen molar-refractivity contribution in [3.05, 3.63) is 89.1 Å². The van der Waals surface area contributed by atoms with Crippen LogP contribution in [-0.4, -0.2) is 27.5 Å². The Hall–Kier alpha value is -2.90. The lowest BCUT2D eigenvalue weighted by molar-refractivity contribution is 0.0731. The second-order valence-corrected chi connectivity index (χ2v) is 8.54. The minimum absolute atomic E-state index is 0.0375. The first-order valence-electron chi connectivity index (χ1n) is 9.66. The Bertz CT molecular complexity index is 1090. The number of hydrogen-bond acceptors (Lipinski definition) is 6. The molecule has 0 bridgehead atoms. The van der Waals surface area contributed by atoms with Gasteiger partial charge in [-0.2, -0.15) is 4.98 Å². The van der Waals surface area contributed by atoms with Gasteiger partial charge in [-0.25, -0.2) is 0 Å². The van der Waals surface area contributed by atoms with Crippen molar-refractivity contribution in [2.24, 2.45) is 0 Å². The highest BCUT2D eigenvalue weighted by molar-refractivity contribution is 7.98. The van der Waals surface area contributed by atoms with Gasteiger partial charge in [0.25, 0.3) is 5.91 Å². The molecule has 5 nitrogen and oxygen atoms in total. The van der Waals surface area contributed by atoms with Gasteiger partial charge in [0.05, 0.1) is 10.4 Å². The number of carbonyl (C=O) groups excluding carboxylic acids is 1. The van der Waals surface area contributed by atoms with Crippen molar-refractivity contribution >= 4 is 29.0 Å². The number of thioether (sulfide) groups is 1. The van der Waals surface area contributed by atoms with Crippen LogP contribution in [0.15, 0.2) is 81.5 Å². The van der Waals surface area contributed by atoms with Crippen LogP contribution in [0.25, 0.3) is 10.7 Å². The Balaban J connectivity index is 1.48. The average molecular weight is 436 g/mol. The molecule has 0 N–H and O–H groups in total. The van der Waals surface area contributed by atoms with Gasteiger partial charge >= 0.3 is 0 Å². The molecule has 0 saturated carbocycles. The van der Waals surface area contributed by atoms with Gasteiger partial charge in [-0.3, -0.25) is 4.79 Å². The van der Waals surface area contributed by atoms with Crippen LogP contribution in [0, 0.1) is 0 Å². The van der Waals surface area contributed by atoms with Crippen molar-refractivity contribution in [2.75, 3.05) is 6.54 Å². The molecule has 0 unspecified atom stereocenters. The van der Waals surface area contributed by atoms with Gasteiger partial charge in [-0.1, -0.05) is 53.7 Å². The molecule has 0 atom stereocenters. The Kier molecular flexibility index (Phi) is 6.61. The second kappa shape index (κ2) is 9.73. The predicted molar refractivity (Wildman–Crippen MR) is 120 cm³/mol. The summed E-state index contributed by atoms with van der Waals surface area (Å²) in [5, 5.41) is 6.01. The number of nitrogens with zero attached hydrogens (tertiary/aromatic N) is 3. The van der Waals surface area contributed by atoms with E-state index in [-0.39, 0.29) is 12.5 Å². The van der Waals surface area contributed by atoms with Crippen molar-refractivity contribution in [3.8, 4) is 10.7 Å². The third kappa shape index (κ3) is 4.80. The van der Waals surface area contributed by atoms with Crippen LogP contribution in [-0.2, 0) is 12.3 Å². The smallest absolute Gasteiger partial charge is 0.255 e. The van der Waals surface area contributed by atoms with Gasteiger partial charge in [-0.15, -0.1) is 23.1 Å². The van der Waals surface area contributed by atoms with Crippen LogP contribution >= 0.6 is 23.1 Å². The van der Waals surface area contributed by atoms with Crippen LogP contribution in [0.1, 0.15) is 28.7 Å². The van der Waals surface area contributed by atoms with Crippen molar-refractivity contribution in [1.29, 1.82) is 0 Å². The van der Waals surface area contributed by atoms with Crippen LogP contribution in [0.4, 0.5) is 0 Å². The standard InChI is InChI=1S/C23H21N3O2S2/c1-2-26(15-21-24-22(25-28-21)20-13-8-14-29-20)23(27)18-11-6-7-12-19(18)30-16-17-9-4-3-5-10-17/h3-14H,2,15-16H2,1H3. The van der Waals surface area contributed by atoms with E-state index in [9.17, 15) is 4.79 Å². The summed E-state index contributed by atoms with van der Waals surface area (Å²) in [7, 11) is 0. The summed E-state index contributed by atoms with van der Waals surface area (Å²) >= 11 is 3.22. The van der Waals surface area contributed by atoms with Gasteiger partial charge in [0, 0.05) is 17.2 Å². The van der Waals surface area contributed by atoms with E-state index in [0.717, 1.165) is 15.5 Å². The van der Waals surface area contributed by atoms with Crippen LogP contribution in [0.3, 0.4) is 0 Å². The molecule has 0 radical (unpaired) electrons. The van der Waals surface area contributed by atoms with E-state index in [2.05, 4.69) is 22.3 Å². The third-order valence-corrected chi connectivity index (χ3v) is 6.57. The maximum absolute atomic E-state index is 13.3. The highest BCUT2D eigenvalue weighted by Gasteiger charge is 2.21. The summed E-state index contributed by atoms with van der Waals surface area (Å²) in [6, 6.07) is 21.9. The van der Waals surface area contributed by atoms with Gasteiger partial charge in [0.2, 0.25) is 11.7 Å². The molecule has 2 aromatic carbocycles. The van der Waals surface area contributed by atoms with Crippen molar-refractivity contribution < 1.29 is 9.32 Å². The summed E-state index contributed by atoms with van der Waals surface area (Å²) < 4.78 is 5.39. The summed E-state index contributed by atoms with van der Waals surface area (Å²) in [6.07, 6.45) is 0. The zero-order chi connectivity index (χ0) is 20.8. The molecule has 0 aliphatic rings. The van der Waals surface area contributed by atoms with E-state index in [1.807, 2.05) is 66.9 Å². The molecule has 0 fully saturated rings. The first-order chi connectivity index (χ1) is 14.7. The SMILES string of the molecule is CCN(Cc1nc(-c2cccs2)no1)C(=O)c1ccccc1SCc1ccccc1. The molecule has 0 spiro atoms. The lowest BCUT2D eigenvalue weighted by atomic mass is 10.2. The number of benzene rings is 2. The van der Waals surface area contributed by atoms with Gasteiger partial charge in [0.15, 0.2) is 0 Å². The zero-order valence-electron chi connectivity index (χ0n) is 16.5. The molecule has 30 heavy (non-hydrogen) atoms. The lowest BCUT2D eigenvalue weighted by Gasteiger charge is -2.20. The highest BCUT2D eigenvalue weighted by Crippen LogP contribution is 2.28.